The van der Waals surface area contributed by atoms with Crippen molar-refractivity contribution in [1.29, 1.82) is 0 Å². The third kappa shape index (κ3) is 7.67. The van der Waals surface area contributed by atoms with Gasteiger partial charge >= 0.3 is 5.97 Å². The minimum absolute atomic E-state index is 0.109. The zero-order chi connectivity index (χ0) is 18.5. The summed E-state index contributed by atoms with van der Waals surface area (Å²) in [5.74, 6) is -0.533. The Morgan fingerprint density at radius 1 is 1.08 bits per heavy atom. The lowest BCUT2D eigenvalue weighted by atomic mass is 9.84. The van der Waals surface area contributed by atoms with E-state index in [0.717, 1.165) is 51.4 Å². The van der Waals surface area contributed by atoms with Crippen LogP contribution in [-0.2, 0) is 23.9 Å². The minimum Gasteiger partial charge on any atom is -0.468 e. The first kappa shape index (κ1) is 21.1. The Kier molecular flexibility index (Phi) is 9.81. The smallest absolute Gasteiger partial charge is 0.303 e. The number of hydrogen-bond donors (Lipinski definition) is 0. The Hall–Kier alpha value is -1.91. The van der Waals surface area contributed by atoms with Gasteiger partial charge in [-0.3, -0.25) is 14.4 Å². The van der Waals surface area contributed by atoms with Crippen LogP contribution in [0, 0.1) is 0 Å². The van der Waals surface area contributed by atoms with Crippen LogP contribution in [0.3, 0.4) is 0 Å². The van der Waals surface area contributed by atoms with Crippen LogP contribution in [0.2, 0.25) is 0 Å². The standard InChI is InChI=1S/C20H30O5/c1-17-12-11-14-20(19(17)23,25-18(2)22)13-9-7-5-3-4-6-8-10-15-24-16-21/h11-12,14,16H,3-10,13,15H2,1-2H3. The maximum Gasteiger partial charge on any atom is 0.303 e. The monoisotopic (exact) mass is 350 g/mol. The van der Waals surface area contributed by atoms with E-state index in [2.05, 4.69) is 4.74 Å². The number of carbonyl (C=O) groups excluding carboxylic acids is 3. The Bertz CT molecular complexity index is 506. The molecule has 1 unspecified atom stereocenters. The number of esters is 1. The number of ketones is 1. The van der Waals surface area contributed by atoms with Crippen LogP contribution in [0.4, 0.5) is 0 Å². The van der Waals surface area contributed by atoms with Gasteiger partial charge in [0.2, 0.25) is 5.78 Å². The highest BCUT2D eigenvalue weighted by Gasteiger charge is 2.40. The van der Waals surface area contributed by atoms with Gasteiger partial charge in [-0.1, -0.05) is 50.7 Å². The van der Waals surface area contributed by atoms with Gasteiger partial charge in [-0.05, 0) is 37.8 Å². The Balaban J connectivity index is 2.23. The van der Waals surface area contributed by atoms with E-state index in [9.17, 15) is 14.4 Å². The molecular formula is C20H30O5. The molecule has 0 fully saturated rings. The fraction of sp³-hybridized carbons (Fsp3) is 0.650. The summed E-state index contributed by atoms with van der Waals surface area (Å²) in [6.07, 6.45) is 14.2. The van der Waals surface area contributed by atoms with Crippen molar-refractivity contribution in [2.75, 3.05) is 6.61 Å². The second-order valence-electron chi connectivity index (χ2n) is 6.57. The van der Waals surface area contributed by atoms with Crippen LogP contribution in [0.5, 0.6) is 0 Å². The third-order valence-electron chi connectivity index (χ3n) is 4.41. The quantitative estimate of drug-likeness (QED) is 0.285. The summed E-state index contributed by atoms with van der Waals surface area (Å²) in [5, 5.41) is 0. The first-order valence-corrected chi connectivity index (χ1v) is 9.17. The first-order valence-electron chi connectivity index (χ1n) is 9.17. The zero-order valence-corrected chi connectivity index (χ0v) is 15.4. The molecule has 0 saturated heterocycles. The molecule has 1 aliphatic rings. The fourth-order valence-corrected chi connectivity index (χ4v) is 3.10. The summed E-state index contributed by atoms with van der Waals surface area (Å²) in [7, 11) is 0. The van der Waals surface area contributed by atoms with Crippen LogP contribution in [-0.4, -0.2) is 30.4 Å². The van der Waals surface area contributed by atoms with Crippen LogP contribution < -0.4 is 0 Å². The van der Waals surface area contributed by atoms with E-state index in [1.807, 2.05) is 0 Å². The maximum atomic E-state index is 12.5. The summed E-state index contributed by atoms with van der Waals surface area (Å²) in [6.45, 7) is 4.10. The van der Waals surface area contributed by atoms with Crippen LogP contribution >= 0.6 is 0 Å². The maximum absolute atomic E-state index is 12.5. The van der Waals surface area contributed by atoms with Gasteiger partial charge in [0.1, 0.15) is 0 Å². The van der Waals surface area contributed by atoms with Gasteiger partial charge in [0.05, 0.1) is 6.61 Å². The molecule has 1 atom stereocenters. The zero-order valence-electron chi connectivity index (χ0n) is 15.4. The molecule has 1 aliphatic carbocycles. The van der Waals surface area contributed by atoms with E-state index < -0.39 is 11.6 Å². The molecule has 0 bridgehead atoms. The molecule has 0 aromatic heterocycles. The molecule has 0 radical (unpaired) electrons. The van der Waals surface area contributed by atoms with Crippen LogP contribution in [0.25, 0.3) is 0 Å². The van der Waals surface area contributed by atoms with Gasteiger partial charge in [-0.2, -0.15) is 0 Å². The molecule has 5 heteroatoms. The van der Waals surface area contributed by atoms with E-state index in [4.69, 9.17) is 4.74 Å². The Morgan fingerprint density at radius 2 is 1.68 bits per heavy atom. The topological polar surface area (TPSA) is 69.7 Å². The highest BCUT2D eigenvalue weighted by atomic mass is 16.6. The molecule has 0 N–H and O–H groups in total. The number of ether oxygens (including phenoxy) is 2. The molecule has 1 rings (SSSR count). The number of carbonyl (C=O) groups is 3. The van der Waals surface area contributed by atoms with E-state index in [1.54, 1.807) is 25.2 Å². The third-order valence-corrected chi connectivity index (χ3v) is 4.41. The fourth-order valence-electron chi connectivity index (χ4n) is 3.10. The van der Waals surface area contributed by atoms with Gasteiger partial charge in [0.15, 0.2) is 5.60 Å². The summed E-state index contributed by atoms with van der Waals surface area (Å²) in [5.41, 5.74) is -0.481. The first-order chi connectivity index (χ1) is 12.0. The van der Waals surface area contributed by atoms with Crippen molar-refractivity contribution in [1.82, 2.24) is 0 Å². The van der Waals surface area contributed by atoms with Crippen molar-refractivity contribution in [3.8, 4) is 0 Å². The van der Waals surface area contributed by atoms with Gasteiger partial charge in [0.25, 0.3) is 6.47 Å². The second kappa shape index (κ2) is 11.6. The Morgan fingerprint density at radius 3 is 2.28 bits per heavy atom. The highest BCUT2D eigenvalue weighted by molar-refractivity contribution is 6.05. The van der Waals surface area contributed by atoms with Crippen LogP contribution in [0.1, 0.15) is 71.6 Å². The van der Waals surface area contributed by atoms with Crippen LogP contribution in [0.15, 0.2) is 23.8 Å². The molecule has 0 amide bonds. The summed E-state index contributed by atoms with van der Waals surface area (Å²) in [6, 6.07) is 0. The predicted octanol–water partition coefficient (Wildman–Crippen LogP) is 4.06. The largest absolute Gasteiger partial charge is 0.468 e. The molecule has 0 saturated carbocycles. The van der Waals surface area contributed by atoms with E-state index in [0.29, 0.717) is 25.1 Å². The van der Waals surface area contributed by atoms with Crippen molar-refractivity contribution >= 4 is 18.2 Å². The minimum atomic E-state index is -1.11. The van der Waals surface area contributed by atoms with Gasteiger partial charge in [-0.15, -0.1) is 0 Å². The number of unbranched alkanes of at least 4 members (excludes halogenated alkanes) is 7. The predicted molar refractivity (Wildman–Crippen MR) is 96.0 cm³/mol. The molecule has 0 aliphatic heterocycles. The Labute approximate surface area is 150 Å². The van der Waals surface area contributed by atoms with Crippen molar-refractivity contribution < 1.29 is 23.9 Å². The van der Waals surface area contributed by atoms with Crippen molar-refractivity contribution in [3.63, 3.8) is 0 Å². The van der Waals surface area contributed by atoms with Gasteiger partial charge < -0.3 is 9.47 Å². The lowest BCUT2D eigenvalue weighted by molar-refractivity contribution is -0.159. The van der Waals surface area contributed by atoms with E-state index >= 15 is 0 Å². The number of rotatable bonds is 13. The number of allylic oxidation sites excluding steroid dienone is 2. The summed E-state index contributed by atoms with van der Waals surface area (Å²) in [4.78, 5) is 33.9. The number of hydrogen-bond acceptors (Lipinski definition) is 5. The molecule has 0 aromatic carbocycles. The molecule has 0 spiro atoms. The molecule has 0 aromatic rings. The normalized spacial score (nSPS) is 19.4. The molecule has 5 nitrogen and oxygen atoms in total. The molecule has 25 heavy (non-hydrogen) atoms. The molecule has 140 valence electrons. The molecule has 0 heterocycles. The molecular weight excluding hydrogens is 320 g/mol. The van der Waals surface area contributed by atoms with Gasteiger partial charge in [0, 0.05) is 6.92 Å². The summed E-state index contributed by atoms with van der Waals surface area (Å²) < 4.78 is 10.1. The average Bonchev–Trinajstić information content (AvgIpc) is 2.57. The van der Waals surface area contributed by atoms with Crippen molar-refractivity contribution in [2.24, 2.45) is 0 Å². The average molecular weight is 350 g/mol. The second-order valence-corrected chi connectivity index (χ2v) is 6.57. The number of Topliss-reactive ketones (excluding diaryl/α,β-unsaturated/α-hetero) is 1. The summed E-state index contributed by atoms with van der Waals surface area (Å²) >= 11 is 0. The highest BCUT2D eigenvalue weighted by Crippen LogP contribution is 2.29. The van der Waals surface area contributed by atoms with Crippen molar-refractivity contribution in [2.45, 2.75) is 77.2 Å². The van der Waals surface area contributed by atoms with E-state index in [1.165, 1.54) is 6.92 Å². The SMILES string of the molecule is CC(=O)OC1(CCCCCCCCCCOC=O)C=CC=C(C)C1=O. The van der Waals surface area contributed by atoms with E-state index in [-0.39, 0.29) is 5.78 Å². The van der Waals surface area contributed by atoms with Crippen molar-refractivity contribution in [3.05, 3.63) is 23.8 Å². The van der Waals surface area contributed by atoms with Gasteiger partial charge in [-0.25, -0.2) is 0 Å². The lowest BCUT2D eigenvalue weighted by Gasteiger charge is -2.30. The lowest BCUT2D eigenvalue weighted by Crippen LogP contribution is -2.42.